The molecule has 2 amide bonds. The van der Waals surface area contributed by atoms with Crippen molar-refractivity contribution in [2.45, 2.75) is 101 Å². The number of ether oxygens (including phenoxy) is 1. The fourth-order valence-electron chi connectivity index (χ4n) is 3.03. The molecule has 2 aromatic carbocycles. The molecule has 6 heteroatoms. The van der Waals surface area contributed by atoms with Crippen LogP contribution < -0.4 is 10.0 Å². The van der Waals surface area contributed by atoms with Crippen molar-refractivity contribution in [3.05, 3.63) is 60.7 Å². The van der Waals surface area contributed by atoms with Crippen molar-refractivity contribution in [2.75, 3.05) is 16.6 Å². The highest BCUT2D eigenvalue weighted by molar-refractivity contribution is 6.23. The normalized spacial score (nSPS) is 12.9. The van der Waals surface area contributed by atoms with E-state index in [4.69, 9.17) is 4.74 Å². The Kier molecular flexibility index (Phi) is 23.3. The lowest BCUT2D eigenvalue weighted by atomic mass is 10.1. The minimum Gasteiger partial charge on any atom is -0.464 e. The summed E-state index contributed by atoms with van der Waals surface area (Å²) in [5.74, 6) is -2.06. The fourth-order valence-corrected chi connectivity index (χ4v) is 3.03. The average molecular weight is 543 g/mol. The molecule has 0 radical (unpaired) electrons. The molecule has 1 aliphatic heterocycles. The first kappa shape index (κ1) is 38.0. The topological polar surface area (TPSA) is 66.9 Å². The van der Waals surface area contributed by atoms with Crippen molar-refractivity contribution < 1.29 is 19.1 Å². The number of para-hydroxylation sites is 2. The van der Waals surface area contributed by atoms with Gasteiger partial charge in [0, 0.05) is 6.42 Å². The van der Waals surface area contributed by atoms with Crippen LogP contribution in [0.3, 0.4) is 0 Å². The zero-order valence-corrected chi connectivity index (χ0v) is 26.2. The van der Waals surface area contributed by atoms with Gasteiger partial charge in [0.15, 0.2) is 5.92 Å². The minimum absolute atomic E-state index is 0.198. The summed E-state index contributed by atoms with van der Waals surface area (Å²) in [6.45, 7) is 20.5. The molecule has 1 saturated heterocycles. The molecule has 3 rings (SSSR count). The summed E-state index contributed by atoms with van der Waals surface area (Å²) in [5, 5.41) is 2.70. The minimum atomic E-state index is -1.05. The van der Waals surface area contributed by atoms with Gasteiger partial charge in [-0.15, -0.1) is 0 Å². The first-order valence-electron chi connectivity index (χ1n) is 14.7. The van der Waals surface area contributed by atoms with E-state index >= 15 is 0 Å². The smallest absolute Gasteiger partial charge is 0.306 e. The van der Waals surface area contributed by atoms with E-state index in [0.717, 1.165) is 6.42 Å². The maximum atomic E-state index is 13.1. The molecular formula is C33H54N2O4. The highest BCUT2D eigenvalue weighted by Gasteiger charge is 2.47. The van der Waals surface area contributed by atoms with Crippen molar-refractivity contribution in [3.8, 4) is 0 Å². The largest absolute Gasteiger partial charge is 0.464 e. The van der Waals surface area contributed by atoms with Gasteiger partial charge >= 0.3 is 5.97 Å². The monoisotopic (exact) mass is 542 g/mol. The molecule has 1 fully saturated rings. The standard InChI is InChI=1S/C22H24N2O4.3C3H8.C2H6/c1-3-16(2)14-20(25)28-15-19-21(26)23(17-10-6-4-7-11-17)24(22(19)27)18-12-8-5-9-13-18;3*1-3-2;1-2/h4-13,16,19H,3,14-15H2,1-2H3;3*3H2,1-2H3;1-2H3. The zero-order valence-electron chi connectivity index (χ0n) is 26.2. The molecule has 39 heavy (non-hydrogen) atoms. The van der Waals surface area contributed by atoms with Crippen LogP contribution in [0.4, 0.5) is 11.4 Å². The lowest BCUT2D eigenvalue weighted by Crippen LogP contribution is -2.41. The average Bonchev–Trinajstić information content (AvgIpc) is 3.19. The van der Waals surface area contributed by atoms with E-state index in [-0.39, 0.29) is 24.9 Å². The summed E-state index contributed by atoms with van der Waals surface area (Å²) in [4.78, 5) is 38.1. The molecule has 220 valence electrons. The van der Waals surface area contributed by atoms with E-state index in [2.05, 4.69) is 41.5 Å². The van der Waals surface area contributed by atoms with Gasteiger partial charge in [-0.25, -0.2) is 10.0 Å². The molecule has 0 saturated carbocycles. The van der Waals surface area contributed by atoms with Crippen LogP contribution in [0.2, 0.25) is 0 Å². The van der Waals surface area contributed by atoms with E-state index in [9.17, 15) is 14.4 Å². The Morgan fingerprint density at radius 3 is 1.36 bits per heavy atom. The Labute approximate surface area is 238 Å². The number of hydrogen-bond acceptors (Lipinski definition) is 4. The van der Waals surface area contributed by atoms with E-state index in [0.29, 0.717) is 11.4 Å². The molecule has 0 aromatic heterocycles. The van der Waals surface area contributed by atoms with Gasteiger partial charge in [-0.3, -0.25) is 14.4 Å². The molecule has 0 bridgehead atoms. The summed E-state index contributed by atoms with van der Waals surface area (Å²) >= 11 is 0. The van der Waals surface area contributed by atoms with E-state index in [1.54, 1.807) is 48.5 Å². The Hall–Kier alpha value is -3.15. The number of rotatable bonds is 7. The van der Waals surface area contributed by atoms with Crippen LogP contribution in [0.25, 0.3) is 0 Å². The predicted octanol–water partition coefficient (Wildman–Crippen LogP) is 8.85. The number of carbonyl (C=O) groups is 3. The number of nitrogens with zero attached hydrogens (tertiary/aromatic N) is 2. The van der Waals surface area contributed by atoms with Crippen molar-refractivity contribution >= 4 is 29.2 Å². The molecular weight excluding hydrogens is 488 g/mol. The summed E-state index contributed by atoms with van der Waals surface area (Å²) in [6.07, 6.45) is 4.89. The Morgan fingerprint density at radius 2 is 1.05 bits per heavy atom. The molecule has 1 unspecified atom stereocenters. The number of amides is 2. The van der Waals surface area contributed by atoms with Gasteiger partial charge in [0.1, 0.15) is 6.61 Å². The van der Waals surface area contributed by atoms with E-state index < -0.39 is 17.7 Å². The Balaban J connectivity index is 0. The van der Waals surface area contributed by atoms with Crippen molar-refractivity contribution in [2.24, 2.45) is 11.8 Å². The van der Waals surface area contributed by atoms with Gasteiger partial charge in [-0.05, 0) is 30.2 Å². The van der Waals surface area contributed by atoms with Gasteiger partial charge in [-0.1, -0.05) is 131 Å². The highest BCUT2D eigenvalue weighted by Crippen LogP contribution is 2.31. The van der Waals surface area contributed by atoms with Gasteiger partial charge in [0.25, 0.3) is 11.8 Å². The van der Waals surface area contributed by atoms with Gasteiger partial charge < -0.3 is 4.74 Å². The lowest BCUT2D eigenvalue weighted by molar-refractivity contribution is -0.147. The maximum Gasteiger partial charge on any atom is 0.306 e. The van der Waals surface area contributed by atoms with Crippen LogP contribution in [0.15, 0.2) is 60.7 Å². The van der Waals surface area contributed by atoms with E-state index in [1.807, 2.05) is 39.8 Å². The molecule has 6 nitrogen and oxygen atoms in total. The molecule has 0 aliphatic carbocycles. The Morgan fingerprint density at radius 1 is 0.718 bits per heavy atom. The van der Waals surface area contributed by atoms with Crippen LogP contribution >= 0.6 is 0 Å². The van der Waals surface area contributed by atoms with Gasteiger partial charge in [0.2, 0.25) is 0 Å². The summed E-state index contributed by atoms with van der Waals surface area (Å²) in [7, 11) is 0. The SMILES string of the molecule is CC.CCC.CCC.CCC.CCC(C)CC(=O)OCC1C(=O)N(c2ccccc2)N(c2ccccc2)C1=O. The van der Waals surface area contributed by atoms with Crippen LogP contribution in [0, 0.1) is 11.8 Å². The number of carbonyl (C=O) groups excluding carboxylic acids is 3. The Bertz CT molecular complexity index is 825. The van der Waals surface area contributed by atoms with Crippen LogP contribution in [-0.4, -0.2) is 24.4 Å². The third-order valence-corrected chi connectivity index (χ3v) is 4.84. The molecule has 1 aliphatic rings. The third-order valence-electron chi connectivity index (χ3n) is 4.84. The molecule has 0 N–H and O–H groups in total. The van der Waals surface area contributed by atoms with Crippen molar-refractivity contribution in [1.29, 1.82) is 0 Å². The van der Waals surface area contributed by atoms with Crippen LogP contribution in [0.5, 0.6) is 0 Å². The second-order valence-electron chi connectivity index (χ2n) is 9.05. The summed E-state index contributed by atoms with van der Waals surface area (Å²) in [5.41, 5.74) is 1.16. The molecule has 0 spiro atoms. The van der Waals surface area contributed by atoms with E-state index in [1.165, 1.54) is 29.3 Å². The van der Waals surface area contributed by atoms with Gasteiger partial charge in [0.05, 0.1) is 11.4 Å². The highest BCUT2D eigenvalue weighted by atomic mass is 16.5. The second-order valence-corrected chi connectivity index (χ2v) is 9.05. The lowest BCUT2D eigenvalue weighted by Gasteiger charge is -2.27. The quantitative estimate of drug-likeness (QED) is 0.259. The maximum absolute atomic E-state index is 13.1. The number of hydrogen-bond donors (Lipinski definition) is 0. The van der Waals surface area contributed by atoms with Gasteiger partial charge in [-0.2, -0.15) is 0 Å². The van der Waals surface area contributed by atoms with Crippen molar-refractivity contribution in [1.82, 2.24) is 0 Å². The molecule has 1 atom stereocenters. The fraction of sp³-hybridized carbons (Fsp3) is 0.545. The molecule has 1 heterocycles. The number of esters is 1. The third kappa shape index (κ3) is 14.0. The van der Waals surface area contributed by atoms with Crippen LogP contribution in [-0.2, 0) is 19.1 Å². The molecule has 2 aromatic rings. The summed E-state index contributed by atoms with van der Waals surface area (Å²) < 4.78 is 5.27. The first-order chi connectivity index (χ1) is 18.8. The number of hydrazine groups is 1. The number of anilines is 2. The summed E-state index contributed by atoms with van der Waals surface area (Å²) in [6, 6.07) is 17.9. The predicted molar refractivity (Wildman–Crippen MR) is 166 cm³/mol. The van der Waals surface area contributed by atoms with Crippen LogP contribution in [0.1, 0.15) is 101 Å². The number of benzene rings is 2. The first-order valence-corrected chi connectivity index (χ1v) is 14.7. The van der Waals surface area contributed by atoms with Crippen molar-refractivity contribution in [3.63, 3.8) is 0 Å². The zero-order chi connectivity index (χ0) is 30.2. The second kappa shape index (κ2) is 23.9.